The lowest BCUT2D eigenvalue weighted by Gasteiger charge is -2.28. The third-order valence-electron chi connectivity index (χ3n) is 5.08. The second kappa shape index (κ2) is 8.31. The molecular formula is C21H23ClN4O2. The van der Waals surface area contributed by atoms with Gasteiger partial charge in [0, 0.05) is 24.6 Å². The molecule has 0 radical (unpaired) electrons. The zero-order chi connectivity index (χ0) is 19.5. The number of aromatic nitrogens is 2. The minimum absolute atomic E-state index is 0.290. The lowest BCUT2D eigenvalue weighted by atomic mass is 10.1. The van der Waals surface area contributed by atoms with Crippen molar-refractivity contribution in [2.24, 2.45) is 0 Å². The van der Waals surface area contributed by atoms with Gasteiger partial charge in [0.2, 0.25) is 0 Å². The molecule has 1 amide bonds. The Labute approximate surface area is 168 Å². The summed E-state index contributed by atoms with van der Waals surface area (Å²) in [6, 6.07) is 10.8. The Morgan fingerprint density at radius 2 is 1.86 bits per heavy atom. The van der Waals surface area contributed by atoms with Crippen molar-refractivity contribution in [2.75, 3.05) is 25.0 Å². The van der Waals surface area contributed by atoms with Gasteiger partial charge in [-0.2, -0.15) is 0 Å². The first-order valence-electron chi connectivity index (χ1n) is 9.54. The summed E-state index contributed by atoms with van der Waals surface area (Å²) in [5.74, 6) is -0.290. The predicted molar refractivity (Wildman–Crippen MR) is 110 cm³/mol. The van der Waals surface area contributed by atoms with Crippen LogP contribution in [0, 0.1) is 0 Å². The largest absolute Gasteiger partial charge is 0.387 e. The Morgan fingerprint density at radius 3 is 2.61 bits per heavy atom. The number of β-amino-alcohol motifs (C(OH)–C–C–N with tert-alkyl or cyclic N) is 1. The van der Waals surface area contributed by atoms with Crippen molar-refractivity contribution in [3.63, 3.8) is 0 Å². The molecule has 1 aliphatic rings. The fraction of sp³-hybridized carbons (Fsp3) is 0.333. The Balaban J connectivity index is 1.39. The van der Waals surface area contributed by atoms with E-state index < -0.39 is 6.10 Å². The van der Waals surface area contributed by atoms with Gasteiger partial charge in [0.15, 0.2) is 0 Å². The summed E-state index contributed by atoms with van der Waals surface area (Å²) in [6.07, 6.45) is 6.51. The van der Waals surface area contributed by atoms with Gasteiger partial charge in [-0.05, 0) is 55.8 Å². The van der Waals surface area contributed by atoms with E-state index in [2.05, 4.69) is 15.2 Å². The molecule has 0 spiro atoms. The van der Waals surface area contributed by atoms with E-state index in [0.29, 0.717) is 28.6 Å². The Bertz CT molecular complexity index is 964. The fourth-order valence-corrected chi connectivity index (χ4v) is 3.72. The number of fused-ring (bicyclic) bond motifs is 1. The number of hydrogen-bond acceptors (Lipinski definition) is 4. The number of anilines is 1. The second-order valence-corrected chi connectivity index (χ2v) is 7.63. The molecule has 7 heteroatoms. The van der Waals surface area contributed by atoms with Crippen LogP contribution in [-0.4, -0.2) is 44.9 Å². The number of imidazole rings is 1. The lowest BCUT2D eigenvalue weighted by Crippen LogP contribution is -2.33. The van der Waals surface area contributed by atoms with E-state index >= 15 is 0 Å². The molecular weight excluding hydrogens is 376 g/mol. The van der Waals surface area contributed by atoms with E-state index in [1.54, 1.807) is 41.1 Å². The van der Waals surface area contributed by atoms with Crippen LogP contribution in [0.4, 0.5) is 5.69 Å². The maximum Gasteiger partial charge on any atom is 0.275 e. The molecule has 28 heavy (non-hydrogen) atoms. The van der Waals surface area contributed by atoms with E-state index in [1.165, 1.54) is 19.3 Å². The number of piperidine rings is 1. The van der Waals surface area contributed by atoms with Gasteiger partial charge in [-0.25, -0.2) is 4.98 Å². The summed E-state index contributed by atoms with van der Waals surface area (Å²) in [7, 11) is 0. The zero-order valence-electron chi connectivity index (χ0n) is 15.5. The molecule has 1 fully saturated rings. The average molecular weight is 399 g/mol. The summed E-state index contributed by atoms with van der Waals surface area (Å²) < 4.78 is 1.72. The number of halogens is 1. The van der Waals surface area contributed by atoms with Crippen molar-refractivity contribution in [1.29, 1.82) is 0 Å². The standard InChI is InChI=1S/C21H23ClN4O2/c22-16-6-9-20-24-18(13-26(20)12-16)21(28)23-17-7-4-15(5-8-17)19(27)14-25-10-2-1-3-11-25/h4-9,12-13,19,27H,1-3,10-11,14H2,(H,23,28). The van der Waals surface area contributed by atoms with Crippen molar-refractivity contribution in [3.05, 3.63) is 65.1 Å². The molecule has 2 N–H and O–H groups in total. The number of carbonyl (C=O) groups is 1. The van der Waals surface area contributed by atoms with Crippen LogP contribution < -0.4 is 5.32 Å². The van der Waals surface area contributed by atoms with E-state index in [4.69, 9.17) is 11.6 Å². The number of amides is 1. The van der Waals surface area contributed by atoms with Gasteiger partial charge in [0.25, 0.3) is 5.91 Å². The van der Waals surface area contributed by atoms with Gasteiger partial charge in [-0.1, -0.05) is 30.2 Å². The van der Waals surface area contributed by atoms with Crippen molar-refractivity contribution in [3.8, 4) is 0 Å². The topological polar surface area (TPSA) is 69.9 Å². The van der Waals surface area contributed by atoms with Crippen molar-refractivity contribution < 1.29 is 9.90 Å². The van der Waals surface area contributed by atoms with E-state index in [0.717, 1.165) is 18.7 Å². The van der Waals surface area contributed by atoms with Crippen LogP contribution in [0.2, 0.25) is 5.02 Å². The molecule has 0 aliphatic carbocycles. The van der Waals surface area contributed by atoms with E-state index in [9.17, 15) is 9.90 Å². The SMILES string of the molecule is O=C(Nc1ccc(C(O)CN2CCCCC2)cc1)c1cn2cc(Cl)ccc2n1. The van der Waals surface area contributed by atoms with Gasteiger partial charge < -0.3 is 19.7 Å². The monoisotopic (exact) mass is 398 g/mol. The number of likely N-dealkylation sites (tertiary alicyclic amines) is 1. The minimum Gasteiger partial charge on any atom is -0.387 e. The van der Waals surface area contributed by atoms with Gasteiger partial charge in [0.1, 0.15) is 11.3 Å². The highest BCUT2D eigenvalue weighted by molar-refractivity contribution is 6.30. The summed E-state index contributed by atoms with van der Waals surface area (Å²) in [6.45, 7) is 2.75. The first kappa shape index (κ1) is 18.9. The number of nitrogens with zero attached hydrogens (tertiary/aromatic N) is 3. The number of nitrogens with one attached hydrogen (secondary N) is 1. The molecule has 1 unspecified atom stereocenters. The summed E-state index contributed by atoms with van der Waals surface area (Å²) in [4.78, 5) is 19.1. The average Bonchev–Trinajstić information content (AvgIpc) is 3.12. The van der Waals surface area contributed by atoms with Crippen molar-refractivity contribution >= 4 is 28.8 Å². The van der Waals surface area contributed by atoms with E-state index in [1.807, 2.05) is 12.1 Å². The van der Waals surface area contributed by atoms with Gasteiger partial charge >= 0.3 is 0 Å². The van der Waals surface area contributed by atoms with Gasteiger partial charge in [-0.15, -0.1) is 0 Å². The lowest BCUT2D eigenvalue weighted by molar-refractivity contribution is 0.101. The number of aliphatic hydroxyl groups excluding tert-OH is 1. The molecule has 2 aromatic heterocycles. The number of hydrogen-bond donors (Lipinski definition) is 2. The summed E-state index contributed by atoms with van der Waals surface area (Å²) in [5, 5.41) is 13.9. The van der Waals surface area contributed by atoms with Crippen molar-refractivity contribution in [2.45, 2.75) is 25.4 Å². The maximum absolute atomic E-state index is 12.5. The number of benzene rings is 1. The first-order chi connectivity index (χ1) is 13.6. The molecule has 1 aromatic carbocycles. The molecule has 0 bridgehead atoms. The van der Waals surface area contributed by atoms with Crippen LogP contribution in [0.3, 0.4) is 0 Å². The van der Waals surface area contributed by atoms with Gasteiger partial charge in [0.05, 0.1) is 11.1 Å². The fourth-order valence-electron chi connectivity index (χ4n) is 3.55. The molecule has 6 nitrogen and oxygen atoms in total. The molecule has 1 aliphatic heterocycles. The molecule has 1 atom stereocenters. The highest BCUT2D eigenvalue weighted by atomic mass is 35.5. The third kappa shape index (κ3) is 4.35. The Kier molecular flexibility index (Phi) is 5.62. The third-order valence-corrected chi connectivity index (χ3v) is 5.30. The Hall–Kier alpha value is -2.41. The van der Waals surface area contributed by atoms with Crippen LogP contribution in [-0.2, 0) is 0 Å². The zero-order valence-corrected chi connectivity index (χ0v) is 16.3. The van der Waals surface area contributed by atoms with Crippen molar-refractivity contribution in [1.82, 2.24) is 14.3 Å². The van der Waals surface area contributed by atoms with Gasteiger partial charge in [-0.3, -0.25) is 4.79 Å². The highest BCUT2D eigenvalue weighted by Gasteiger charge is 2.16. The normalized spacial score (nSPS) is 16.2. The molecule has 3 heterocycles. The first-order valence-corrected chi connectivity index (χ1v) is 9.92. The predicted octanol–water partition coefficient (Wildman–Crippen LogP) is 3.76. The smallest absolute Gasteiger partial charge is 0.275 e. The quantitative estimate of drug-likeness (QED) is 0.686. The second-order valence-electron chi connectivity index (χ2n) is 7.19. The molecule has 146 valence electrons. The van der Waals surface area contributed by atoms with Crippen LogP contribution in [0.5, 0.6) is 0 Å². The highest BCUT2D eigenvalue weighted by Crippen LogP contribution is 2.20. The van der Waals surface area contributed by atoms with Crippen LogP contribution in [0.15, 0.2) is 48.8 Å². The molecule has 3 aromatic rings. The van der Waals surface area contributed by atoms with Crippen LogP contribution in [0.1, 0.15) is 41.4 Å². The Morgan fingerprint density at radius 1 is 1.11 bits per heavy atom. The van der Waals surface area contributed by atoms with Crippen LogP contribution in [0.25, 0.3) is 5.65 Å². The molecule has 1 saturated heterocycles. The number of aliphatic hydroxyl groups is 1. The molecule has 0 saturated carbocycles. The number of rotatable bonds is 5. The summed E-state index contributed by atoms with van der Waals surface area (Å²) in [5.41, 5.74) is 2.49. The van der Waals surface area contributed by atoms with Crippen LogP contribution >= 0.6 is 11.6 Å². The summed E-state index contributed by atoms with van der Waals surface area (Å²) >= 11 is 5.97. The minimum atomic E-state index is -0.522. The maximum atomic E-state index is 12.5. The number of pyridine rings is 1. The van der Waals surface area contributed by atoms with E-state index in [-0.39, 0.29) is 5.91 Å². The molecule has 4 rings (SSSR count). The number of carbonyl (C=O) groups excluding carboxylic acids is 1.